The summed E-state index contributed by atoms with van der Waals surface area (Å²) in [5.41, 5.74) is 2.74. The van der Waals surface area contributed by atoms with Crippen molar-refractivity contribution in [2.24, 2.45) is 0 Å². The topological polar surface area (TPSA) is 75.3 Å². The van der Waals surface area contributed by atoms with Crippen molar-refractivity contribution in [2.75, 3.05) is 10.6 Å². The first kappa shape index (κ1) is 21.0. The van der Waals surface area contributed by atoms with Crippen molar-refractivity contribution in [3.8, 4) is 0 Å². The van der Waals surface area contributed by atoms with Gasteiger partial charge in [-0.1, -0.05) is 54.1 Å². The Morgan fingerprint density at radius 1 is 0.833 bits per heavy atom. The molecule has 0 heterocycles. The van der Waals surface area contributed by atoms with Gasteiger partial charge in [0.1, 0.15) is 0 Å². The van der Waals surface area contributed by atoms with Crippen LogP contribution in [0, 0.1) is 0 Å². The summed E-state index contributed by atoms with van der Waals surface area (Å²) in [7, 11) is 0. The molecule has 3 aromatic carbocycles. The zero-order valence-corrected chi connectivity index (χ0v) is 16.9. The van der Waals surface area contributed by atoms with Crippen LogP contribution in [0.3, 0.4) is 0 Å². The molecule has 0 atom stereocenters. The van der Waals surface area contributed by atoms with E-state index < -0.39 is 0 Å². The van der Waals surface area contributed by atoms with Crippen LogP contribution in [0.1, 0.15) is 33.2 Å². The average Bonchev–Trinajstić information content (AvgIpc) is 2.72. The van der Waals surface area contributed by atoms with Crippen molar-refractivity contribution in [2.45, 2.75) is 6.92 Å². The Balaban J connectivity index is 1.71. The molecule has 0 aliphatic heterocycles. The van der Waals surface area contributed by atoms with Crippen LogP contribution in [0.25, 0.3) is 6.08 Å². The summed E-state index contributed by atoms with van der Waals surface area (Å²) < 4.78 is 0. The number of carbonyl (C=O) groups is 3. The molecule has 30 heavy (non-hydrogen) atoms. The van der Waals surface area contributed by atoms with Gasteiger partial charge in [0.05, 0.1) is 10.6 Å². The lowest BCUT2D eigenvalue weighted by Gasteiger charge is -2.07. The predicted molar refractivity (Wildman–Crippen MR) is 120 cm³/mol. The Morgan fingerprint density at radius 3 is 2.27 bits per heavy atom. The molecule has 0 aliphatic carbocycles. The number of amides is 2. The minimum absolute atomic E-state index is 0.201. The van der Waals surface area contributed by atoms with Gasteiger partial charge in [0.15, 0.2) is 5.78 Å². The minimum atomic E-state index is -0.312. The maximum absolute atomic E-state index is 12.5. The first-order chi connectivity index (χ1) is 14.4. The molecule has 0 unspecified atom stereocenters. The number of hydrogen-bond acceptors (Lipinski definition) is 3. The Labute approximate surface area is 179 Å². The fraction of sp³-hybridized carbons (Fsp3) is 0.0417. The van der Waals surface area contributed by atoms with Gasteiger partial charge in [-0.2, -0.15) is 0 Å². The van der Waals surface area contributed by atoms with Gasteiger partial charge < -0.3 is 10.6 Å². The first-order valence-corrected chi connectivity index (χ1v) is 9.56. The third-order valence-electron chi connectivity index (χ3n) is 4.16. The van der Waals surface area contributed by atoms with Crippen molar-refractivity contribution >= 4 is 46.6 Å². The van der Waals surface area contributed by atoms with Crippen LogP contribution in [-0.4, -0.2) is 17.6 Å². The molecule has 3 aromatic rings. The molecule has 0 saturated carbocycles. The van der Waals surface area contributed by atoms with Gasteiger partial charge in [0.2, 0.25) is 5.91 Å². The number of carbonyl (C=O) groups excluding carboxylic acids is 3. The van der Waals surface area contributed by atoms with Gasteiger partial charge in [0, 0.05) is 23.9 Å². The Morgan fingerprint density at radius 2 is 1.53 bits per heavy atom. The zero-order chi connectivity index (χ0) is 21.5. The van der Waals surface area contributed by atoms with Crippen LogP contribution in [0.5, 0.6) is 0 Å². The molecule has 0 saturated heterocycles. The lowest BCUT2D eigenvalue weighted by atomic mass is 10.1. The highest BCUT2D eigenvalue weighted by molar-refractivity contribution is 6.34. The van der Waals surface area contributed by atoms with E-state index in [0.717, 1.165) is 5.56 Å². The number of allylic oxidation sites excluding steroid dienone is 1. The summed E-state index contributed by atoms with van der Waals surface area (Å²) in [6, 6.07) is 20.6. The highest BCUT2D eigenvalue weighted by Crippen LogP contribution is 2.19. The molecule has 0 bridgehead atoms. The lowest BCUT2D eigenvalue weighted by molar-refractivity contribution is -0.114. The first-order valence-electron chi connectivity index (χ1n) is 9.18. The molecule has 3 rings (SSSR count). The number of anilines is 2. The Kier molecular flexibility index (Phi) is 6.78. The van der Waals surface area contributed by atoms with E-state index in [1.165, 1.54) is 13.0 Å². The summed E-state index contributed by atoms with van der Waals surface area (Å²) in [6.07, 6.45) is 3.11. The van der Waals surface area contributed by atoms with Crippen molar-refractivity contribution in [1.29, 1.82) is 0 Å². The normalized spacial score (nSPS) is 10.6. The van der Waals surface area contributed by atoms with Crippen LogP contribution in [-0.2, 0) is 4.79 Å². The summed E-state index contributed by atoms with van der Waals surface area (Å²) >= 11 is 6.07. The molecule has 2 amide bonds. The molecule has 150 valence electrons. The third-order valence-corrected chi connectivity index (χ3v) is 4.49. The van der Waals surface area contributed by atoms with Crippen LogP contribution >= 0.6 is 11.6 Å². The molecule has 0 fully saturated rings. The van der Waals surface area contributed by atoms with Gasteiger partial charge in [-0.3, -0.25) is 14.4 Å². The van der Waals surface area contributed by atoms with E-state index in [-0.39, 0.29) is 17.6 Å². The van der Waals surface area contributed by atoms with E-state index in [9.17, 15) is 14.4 Å². The fourth-order valence-corrected chi connectivity index (χ4v) is 3.01. The van der Waals surface area contributed by atoms with Gasteiger partial charge in [-0.15, -0.1) is 0 Å². The van der Waals surface area contributed by atoms with Crippen LogP contribution < -0.4 is 10.6 Å². The highest BCUT2D eigenvalue weighted by Gasteiger charge is 2.10. The van der Waals surface area contributed by atoms with E-state index in [2.05, 4.69) is 10.6 Å². The Bertz CT molecular complexity index is 1140. The molecular formula is C24H19ClN2O3. The zero-order valence-electron chi connectivity index (χ0n) is 16.2. The number of nitrogens with one attached hydrogen (secondary N) is 2. The maximum Gasteiger partial charge on any atom is 0.257 e. The second-order valence-corrected chi connectivity index (χ2v) is 6.93. The van der Waals surface area contributed by atoms with E-state index in [1.807, 2.05) is 6.07 Å². The van der Waals surface area contributed by atoms with Crippen LogP contribution in [0.15, 0.2) is 78.9 Å². The molecule has 2 N–H and O–H groups in total. The predicted octanol–water partition coefficient (Wildman–Crippen LogP) is 5.45. The van der Waals surface area contributed by atoms with Gasteiger partial charge in [-0.25, -0.2) is 0 Å². The second-order valence-electron chi connectivity index (χ2n) is 6.52. The Hall–Kier alpha value is -3.70. The number of rotatable bonds is 6. The smallest absolute Gasteiger partial charge is 0.257 e. The highest BCUT2D eigenvalue weighted by atomic mass is 35.5. The minimum Gasteiger partial charge on any atom is -0.326 e. The maximum atomic E-state index is 12.5. The number of halogens is 1. The fourth-order valence-electron chi connectivity index (χ4n) is 2.79. The quantitative estimate of drug-likeness (QED) is 0.413. The lowest BCUT2D eigenvalue weighted by Crippen LogP contribution is -2.12. The second kappa shape index (κ2) is 9.67. The summed E-state index contributed by atoms with van der Waals surface area (Å²) in [5.74, 6) is -0.717. The van der Waals surface area contributed by atoms with Gasteiger partial charge >= 0.3 is 0 Å². The number of benzene rings is 3. The largest absolute Gasteiger partial charge is 0.326 e. The van der Waals surface area contributed by atoms with Gasteiger partial charge in [0.25, 0.3) is 5.91 Å². The van der Waals surface area contributed by atoms with Gasteiger partial charge in [-0.05, 0) is 48.0 Å². The SMILES string of the molecule is CC(=O)Nc1cccc(C(=O)/C=C/c2cccc(NC(=O)c3ccccc3Cl)c2)c1. The van der Waals surface area contributed by atoms with Crippen LogP contribution in [0.4, 0.5) is 11.4 Å². The van der Waals surface area contributed by atoms with E-state index >= 15 is 0 Å². The monoisotopic (exact) mass is 418 g/mol. The van der Waals surface area contributed by atoms with Crippen molar-refractivity contribution in [3.63, 3.8) is 0 Å². The van der Waals surface area contributed by atoms with E-state index in [4.69, 9.17) is 11.6 Å². The van der Waals surface area contributed by atoms with E-state index in [1.54, 1.807) is 72.8 Å². The average molecular weight is 419 g/mol. The molecule has 0 spiro atoms. The number of ketones is 1. The summed E-state index contributed by atoms with van der Waals surface area (Å²) in [4.78, 5) is 36.0. The van der Waals surface area contributed by atoms with E-state index in [0.29, 0.717) is 27.5 Å². The summed E-state index contributed by atoms with van der Waals surface area (Å²) in [6.45, 7) is 1.41. The third kappa shape index (κ3) is 5.65. The number of hydrogen-bond donors (Lipinski definition) is 2. The molecular weight excluding hydrogens is 400 g/mol. The van der Waals surface area contributed by atoms with Crippen molar-refractivity contribution in [1.82, 2.24) is 0 Å². The molecule has 5 nitrogen and oxygen atoms in total. The molecule has 0 radical (unpaired) electrons. The summed E-state index contributed by atoms with van der Waals surface area (Å²) in [5, 5.41) is 5.83. The molecule has 6 heteroatoms. The molecule has 0 aliphatic rings. The van der Waals surface area contributed by atoms with Crippen molar-refractivity contribution in [3.05, 3.63) is 101 Å². The van der Waals surface area contributed by atoms with Crippen molar-refractivity contribution < 1.29 is 14.4 Å². The standard InChI is InChI=1S/C24H19ClN2O3/c1-16(28)26-20-9-5-7-18(15-20)23(29)13-12-17-6-4-8-19(14-17)27-24(30)21-10-2-3-11-22(21)25/h2-15H,1H3,(H,26,28)(H,27,30)/b13-12+. The van der Waals surface area contributed by atoms with Crippen LogP contribution in [0.2, 0.25) is 5.02 Å². The molecule has 0 aromatic heterocycles.